The molecule has 0 spiro atoms. The molecule has 7 aromatic rings. The van der Waals surface area contributed by atoms with Crippen molar-refractivity contribution in [1.82, 2.24) is 0 Å². The summed E-state index contributed by atoms with van der Waals surface area (Å²) in [4.78, 5) is 6.97. The maximum absolute atomic E-state index is 3.64. The van der Waals surface area contributed by atoms with Gasteiger partial charge in [-0.1, -0.05) is 107 Å². The van der Waals surface area contributed by atoms with Gasteiger partial charge in [-0.2, -0.15) is 0 Å². The van der Waals surface area contributed by atoms with Crippen molar-refractivity contribution >= 4 is 67.1 Å². The van der Waals surface area contributed by atoms with Crippen LogP contribution in [0.4, 0.5) is 51.2 Å². The van der Waals surface area contributed by atoms with Gasteiger partial charge < -0.3 is 14.7 Å². The van der Waals surface area contributed by atoms with Gasteiger partial charge in [0.1, 0.15) is 0 Å². The number of nitrogens with zero attached hydrogens (tertiary/aromatic N) is 3. The maximum atomic E-state index is 3.64. The number of para-hydroxylation sites is 5. The van der Waals surface area contributed by atoms with Crippen molar-refractivity contribution in [3.63, 3.8) is 0 Å². The Morgan fingerprint density at radius 1 is 0.239 bits per heavy atom. The third kappa shape index (κ3) is 6.30. The molecule has 0 saturated carbocycles. The van der Waals surface area contributed by atoms with Crippen LogP contribution in [-0.4, -0.2) is 0 Å². The Morgan fingerprint density at radius 3 is 0.696 bits per heavy atom. The predicted molar refractivity (Wildman–Crippen MR) is 198 cm³/mol. The summed E-state index contributed by atoms with van der Waals surface area (Å²) in [7, 11) is 0. The molecule has 0 heterocycles. The average molecular weight is 659 g/mol. The van der Waals surface area contributed by atoms with Crippen LogP contribution in [0.15, 0.2) is 199 Å². The van der Waals surface area contributed by atoms with Crippen molar-refractivity contribution < 1.29 is 0 Å². The number of anilines is 9. The molecule has 46 heavy (non-hydrogen) atoms. The van der Waals surface area contributed by atoms with Gasteiger partial charge in [0.15, 0.2) is 0 Å². The predicted octanol–water partition coefficient (Wildman–Crippen LogP) is 12.9. The van der Waals surface area contributed by atoms with E-state index in [0.717, 1.165) is 55.7 Å². The fourth-order valence-corrected chi connectivity index (χ4v) is 6.05. The zero-order valence-electron chi connectivity index (χ0n) is 25.2. The van der Waals surface area contributed by atoms with Gasteiger partial charge in [-0.05, 0) is 103 Å². The highest BCUT2D eigenvalue weighted by atomic mass is 79.9. The summed E-state index contributed by atoms with van der Waals surface area (Å²) < 4.78 is 1.04. The van der Waals surface area contributed by atoms with Crippen molar-refractivity contribution in [3.05, 3.63) is 199 Å². The van der Waals surface area contributed by atoms with Crippen LogP contribution in [0.3, 0.4) is 0 Å². The summed E-state index contributed by atoms with van der Waals surface area (Å²) in [5.74, 6) is 0. The van der Waals surface area contributed by atoms with E-state index in [-0.39, 0.29) is 0 Å². The first kappa shape index (κ1) is 29.1. The second-order valence-electron chi connectivity index (χ2n) is 10.9. The molecule has 0 saturated heterocycles. The summed E-state index contributed by atoms with van der Waals surface area (Å²) in [6, 6.07) is 68.2. The molecule has 222 valence electrons. The van der Waals surface area contributed by atoms with Gasteiger partial charge in [0.2, 0.25) is 0 Å². The first-order chi connectivity index (χ1) is 22.7. The number of halogens is 1. The van der Waals surface area contributed by atoms with E-state index < -0.39 is 0 Å². The summed E-state index contributed by atoms with van der Waals surface area (Å²) in [6.07, 6.45) is 0. The summed E-state index contributed by atoms with van der Waals surface area (Å²) in [6.45, 7) is 0. The van der Waals surface area contributed by atoms with E-state index in [1.54, 1.807) is 0 Å². The molecule has 0 radical (unpaired) electrons. The van der Waals surface area contributed by atoms with Crippen LogP contribution in [-0.2, 0) is 0 Å². The molecule has 7 rings (SSSR count). The molecule has 0 unspecified atom stereocenters. The van der Waals surface area contributed by atoms with E-state index >= 15 is 0 Å². The SMILES string of the molecule is Brc1ccc(N(c2ccccc2)c2cc(N(c3ccccc3)c3ccccc3)cc(N(c3ccccc3)c3ccccc3)c2)cc1. The molecular formula is C42H32BrN3. The standard InChI is InChI=1S/C42H32BrN3/c43-33-26-28-39(29-27-33)46(38-24-14-5-15-25-38)42-31-40(44(34-16-6-1-7-17-34)35-18-8-2-9-19-35)30-41(32-42)45(36-20-10-3-11-21-36)37-22-12-4-13-23-37/h1-32H. The van der Waals surface area contributed by atoms with E-state index in [2.05, 4.69) is 225 Å². The Balaban J connectivity index is 1.52. The molecular weight excluding hydrogens is 626 g/mol. The third-order valence-corrected chi connectivity index (χ3v) is 8.35. The summed E-state index contributed by atoms with van der Waals surface area (Å²) in [5, 5.41) is 0. The molecule has 0 N–H and O–H groups in total. The summed E-state index contributed by atoms with van der Waals surface area (Å²) >= 11 is 3.64. The Bertz CT molecular complexity index is 1800. The van der Waals surface area contributed by atoms with Gasteiger partial charge >= 0.3 is 0 Å². The number of hydrogen-bond acceptors (Lipinski definition) is 3. The van der Waals surface area contributed by atoms with Crippen LogP contribution in [0, 0.1) is 0 Å². The first-order valence-electron chi connectivity index (χ1n) is 15.3. The zero-order valence-corrected chi connectivity index (χ0v) is 26.8. The van der Waals surface area contributed by atoms with Crippen LogP contribution >= 0.6 is 15.9 Å². The lowest BCUT2D eigenvalue weighted by Crippen LogP contribution is -2.16. The van der Waals surface area contributed by atoms with Crippen molar-refractivity contribution in [2.24, 2.45) is 0 Å². The highest BCUT2D eigenvalue weighted by Crippen LogP contribution is 2.45. The van der Waals surface area contributed by atoms with Gasteiger partial charge in [-0.25, -0.2) is 0 Å². The van der Waals surface area contributed by atoms with Crippen LogP contribution in [0.25, 0.3) is 0 Å². The van der Waals surface area contributed by atoms with E-state index in [0.29, 0.717) is 0 Å². The molecule has 0 aliphatic rings. The first-order valence-corrected chi connectivity index (χ1v) is 16.1. The molecule has 0 amide bonds. The van der Waals surface area contributed by atoms with Crippen LogP contribution in [0.5, 0.6) is 0 Å². The minimum atomic E-state index is 1.04. The Kier molecular flexibility index (Phi) is 8.62. The van der Waals surface area contributed by atoms with E-state index in [1.165, 1.54) is 0 Å². The molecule has 0 aliphatic carbocycles. The average Bonchev–Trinajstić information content (AvgIpc) is 3.12. The second kappa shape index (κ2) is 13.6. The lowest BCUT2D eigenvalue weighted by molar-refractivity contribution is 1.22. The Hall–Kier alpha value is -5.58. The number of benzene rings is 7. The number of hydrogen-bond donors (Lipinski definition) is 0. The van der Waals surface area contributed by atoms with Gasteiger partial charge in [0.25, 0.3) is 0 Å². The number of rotatable bonds is 9. The van der Waals surface area contributed by atoms with E-state index in [4.69, 9.17) is 0 Å². The van der Waals surface area contributed by atoms with Crippen molar-refractivity contribution in [2.45, 2.75) is 0 Å². The van der Waals surface area contributed by atoms with Crippen LogP contribution < -0.4 is 14.7 Å². The molecule has 4 heteroatoms. The fraction of sp³-hybridized carbons (Fsp3) is 0. The van der Waals surface area contributed by atoms with Crippen LogP contribution in [0.2, 0.25) is 0 Å². The van der Waals surface area contributed by atoms with E-state index in [9.17, 15) is 0 Å². The minimum Gasteiger partial charge on any atom is -0.310 e. The minimum absolute atomic E-state index is 1.04. The quantitative estimate of drug-likeness (QED) is 0.153. The van der Waals surface area contributed by atoms with Gasteiger partial charge in [0, 0.05) is 38.6 Å². The highest BCUT2D eigenvalue weighted by Gasteiger charge is 2.21. The van der Waals surface area contributed by atoms with Gasteiger partial charge in [0.05, 0.1) is 17.1 Å². The Labute approximate surface area is 279 Å². The van der Waals surface area contributed by atoms with Gasteiger partial charge in [-0.3, -0.25) is 0 Å². The lowest BCUT2D eigenvalue weighted by Gasteiger charge is -2.33. The molecule has 0 fully saturated rings. The molecule has 0 aromatic heterocycles. The molecule has 0 bridgehead atoms. The normalized spacial score (nSPS) is 10.7. The fourth-order valence-electron chi connectivity index (χ4n) is 5.78. The lowest BCUT2D eigenvalue weighted by atomic mass is 10.1. The second-order valence-corrected chi connectivity index (χ2v) is 11.8. The van der Waals surface area contributed by atoms with Crippen molar-refractivity contribution in [3.8, 4) is 0 Å². The smallest absolute Gasteiger partial charge is 0.0503 e. The Morgan fingerprint density at radius 2 is 0.457 bits per heavy atom. The summed E-state index contributed by atoms with van der Waals surface area (Å²) in [5.41, 5.74) is 9.58. The monoisotopic (exact) mass is 657 g/mol. The molecule has 3 nitrogen and oxygen atoms in total. The van der Waals surface area contributed by atoms with E-state index in [1.807, 2.05) is 0 Å². The molecule has 7 aromatic carbocycles. The van der Waals surface area contributed by atoms with Crippen molar-refractivity contribution in [1.29, 1.82) is 0 Å². The third-order valence-electron chi connectivity index (χ3n) is 7.82. The largest absolute Gasteiger partial charge is 0.310 e. The topological polar surface area (TPSA) is 9.72 Å². The van der Waals surface area contributed by atoms with Crippen molar-refractivity contribution in [2.75, 3.05) is 14.7 Å². The molecule has 0 aliphatic heterocycles. The molecule has 0 atom stereocenters. The highest BCUT2D eigenvalue weighted by molar-refractivity contribution is 9.10. The van der Waals surface area contributed by atoms with Crippen LogP contribution in [0.1, 0.15) is 0 Å². The van der Waals surface area contributed by atoms with Gasteiger partial charge in [-0.15, -0.1) is 0 Å². The maximum Gasteiger partial charge on any atom is 0.0503 e. The zero-order chi connectivity index (χ0) is 31.1.